The summed E-state index contributed by atoms with van der Waals surface area (Å²) in [5.41, 5.74) is 0.630. The quantitative estimate of drug-likeness (QED) is 0.852. The van der Waals surface area contributed by atoms with E-state index in [2.05, 4.69) is 41.2 Å². The van der Waals surface area contributed by atoms with Crippen molar-refractivity contribution in [1.82, 2.24) is 24.9 Å². The molecule has 6 heteroatoms. The van der Waals surface area contributed by atoms with Crippen LogP contribution >= 0.6 is 0 Å². The number of rotatable bonds is 2. The molecule has 1 fully saturated rings. The molecule has 1 aliphatic rings. The van der Waals surface area contributed by atoms with Crippen LogP contribution < -0.4 is 10.9 Å². The maximum absolute atomic E-state index is 12.1. The maximum atomic E-state index is 12.1. The molecule has 1 unspecified atom stereocenters. The lowest BCUT2D eigenvalue weighted by Gasteiger charge is -2.12. The summed E-state index contributed by atoms with van der Waals surface area (Å²) in [6.07, 6.45) is 1.99. The molecule has 2 N–H and O–H groups in total. The minimum absolute atomic E-state index is 0.0843. The molecule has 0 amide bonds. The van der Waals surface area contributed by atoms with E-state index in [1.807, 2.05) is 0 Å². The molecule has 3 rings (SSSR count). The van der Waals surface area contributed by atoms with Gasteiger partial charge in [-0.2, -0.15) is 9.50 Å². The average molecular weight is 275 g/mol. The summed E-state index contributed by atoms with van der Waals surface area (Å²) >= 11 is 0. The van der Waals surface area contributed by atoms with E-state index in [0.717, 1.165) is 37.4 Å². The molecule has 0 saturated carbocycles. The molecular formula is C14H21N5O. The zero-order chi connectivity index (χ0) is 14.3. The fraction of sp³-hybridized carbons (Fsp3) is 0.643. The number of nitrogens with zero attached hydrogens (tertiary/aromatic N) is 3. The van der Waals surface area contributed by atoms with Crippen LogP contribution in [0.4, 0.5) is 0 Å². The normalized spacial score (nSPS) is 19.9. The summed E-state index contributed by atoms with van der Waals surface area (Å²) in [5.74, 6) is 1.83. The van der Waals surface area contributed by atoms with Crippen LogP contribution in [0.1, 0.15) is 38.7 Å². The second-order valence-electron chi connectivity index (χ2n) is 6.61. The first-order valence-corrected chi connectivity index (χ1v) is 7.13. The van der Waals surface area contributed by atoms with Gasteiger partial charge in [0, 0.05) is 11.5 Å². The fourth-order valence-electron chi connectivity index (χ4n) is 2.55. The van der Waals surface area contributed by atoms with Gasteiger partial charge < -0.3 is 5.32 Å². The number of aromatic amines is 1. The van der Waals surface area contributed by atoms with Crippen molar-refractivity contribution in [2.24, 2.45) is 5.92 Å². The lowest BCUT2D eigenvalue weighted by molar-refractivity contribution is 0.544. The van der Waals surface area contributed by atoms with Gasteiger partial charge >= 0.3 is 0 Å². The van der Waals surface area contributed by atoms with Crippen LogP contribution in [-0.2, 0) is 11.8 Å². The molecule has 1 saturated heterocycles. The Balaban J connectivity index is 1.98. The van der Waals surface area contributed by atoms with Gasteiger partial charge in [0.15, 0.2) is 0 Å². The molecular weight excluding hydrogens is 254 g/mol. The average Bonchev–Trinajstić information content (AvgIpc) is 2.96. The first-order valence-electron chi connectivity index (χ1n) is 7.13. The third-order valence-electron chi connectivity index (χ3n) is 3.75. The standard InChI is InChI=1S/C14H21N5O/c1-14(2,3)12-17-13-16-10(6-9-4-5-15-8-9)7-11(20)19(13)18-12/h7,9,15H,4-6,8H2,1-3H3,(H,16,17,18). The molecule has 1 aliphatic heterocycles. The van der Waals surface area contributed by atoms with Crippen molar-refractivity contribution < 1.29 is 0 Å². The Bertz CT molecular complexity index is 673. The highest BCUT2D eigenvalue weighted by Gasteiger charge is 2.21. The Labute approximate surface area is 117 Å². The van der Waals surface area contributed by atoms with Crippen molar-refractivity contribution in [3.05, 3.63) is 27.9 Å². The maximum Gasteiger partial charge on any atom is 0.274 e. The Morgan fingerprint density at radius 1 is 1.40 bits per heavy atom. The second-order valence-corrected chi connectivity index (χ2v) is 6.61. The van der Waals surface area contributed by atoms with E-state index >= 15 is 0 Å². The highest BCUT2D eigenvalue weighted by atomic mass is 16.1. The molecule has 0 bridgehead atoms. The van der Waals surface area contributed by atoms with Crippen molar-refractivity contribution in [3.8, 4) is 0 Å². The molecule has 3 heterocycles. The van der Waals surface area contributed by atoms with Gasteiger partial charge in [0.05, 0.1) is 5.69 Å². The molecule has 1 atom stereocenters. The van der Waals surface area contributed by atoms with Crippen LogP contribution in [0.15, 0.2) is 10.9 Å². The smallest absolute Gasteiger partial charge is 0.274 e. The molecule has 0 aliphatic carbocycles. The van der Waals surface area contributed by atoms with Crippen molar-refractivity contribution in [3.63, 3.8) is 0 Å². The highest BCUT2D eigenvalue weighted by Crippen LogP contribution is 2.18. The van der Waals surface area contributed by atoms with Crippen LogP contribution in [0, 0.1) is 5.92 Å². The van der Waals surface area contributed by atoms with Crippen LogP contribution in [-0.4, -0.2) is 32.7 Å². The Morgan fingerprint density at radius 3 is 2.85 bits per heavy atom. The second kappa shape index (κ2) is 4.70. The fourth-order valence-corrected chi connectivity index (χ4v) is 2.55. The van der Waals surface area contributed by atoms with Crippen LogP contribution in [0.5, 0.6) is 0 Å². The van der Waals surface area contributed by atoms with E-state index in [9.17, 15) is 4.79 Å². The van der Waals surface area contributed by atoms with E-state index in [4.69, 9.17) is 0 Å². The van der Waals surface area contributed by atoms with Crippen molar-refractivity contribution in [2.45, 2.75) is 39.0 Å². The van der Waals surface area contributed by atoms with E-state index < -0.39 is 0 Å². The van der Waals surface area contributed by atoms with Crippen LogP contribution in [0.25, 0.3) is 5.78 Å². The van der Waals surface area contributed by atoms with Crippen molar-refractivity contribution in [2.75, 3.05) is 13.1 Å². The number of nitrogens with one attached hydrogen (secondary N) is 2. The predicted octanol–water partition coefficient (Wildman–Crippen LogP) is 0.867. The number of H-pyrrole nitrogens is 1. The minimum atomic E-state index is -0.129. The summed E-state index contributed by atoms with van der Waals surface area (Å²) in [7, 11) is 0. The third-order valence-corrected chi connectivity index (χ3v) is 3.75. The molecule has 2 aromatic heterocycles. The van der Waals surface area contributed by atoms with Crippen molar-refractivity contribution >= 4 is 5.78 Å². The lowest BCUT2D eigenvalue weighted by atomic mass is 9.96. The Kier molecular flexibility index (Phi) is 3.12. The van der Waals surface area contributed by atoms with E-state index in [1.165, 1.54) is 4.52 Å². The van der Waals surface area contributed by atoms with Crippen molar-refractivity contribution in [1.29, 1.82) is 0 Å². The van der Waals surface area contributed by atoms with Crippen LogP contribution in [0.2, 0.25) is 0 Å². The Morgan fingerprint density at radius 2 is 2.20 bits per heavy atom. The minimum Gasteiger partial charge on any atom is -0.316 e. The van der Waals surface area contributed by atoms with Gasteiger partial charge in [-0.3, -0.25) is 9.89 Å². The monoisotopic (exact) mass is 275 g/mol. The third kappa shape index (κ3) is 2.47. The molecule has 0 aromatic carbocycles. The lowest BCUT2D eigenvalue weighted by Crippen LogP contribution is -2.19. The highest BCUT2D eigenvalue weighted by molar-refractivity contribution is 5.29. The summed E-state index contributed by atoms with van der Waals surface area (Å²) in [4.78, 5) is 21.1. The van der Waals surface area contributed by atoms with Crippen LogP contribution in [0.3, 0.4) is 0 Å². The number of fused-ring (bicyclic) bond motifs is 1. The van der Waals surface area contributed by atoms with Gasteiger partial charge in [-0.25, -0.2) is 4.98 Å². The molecule has 0 radical (unpaired) electrons. The zero-order valence-corrected chi connectivity index (χ0v) is 12.2. The summed E-state index contributed by atoms with van der Waals surface area (Å²) in [6, 6.07) is 1.62. The predicted molar refractivity (Wildman–Crippen MR) is 77.0 cm³/mol. The van der Waals surface area contributed by atoms with Gasteiger partial charge in [-0.15, -0.1) is 0 Å². The summed E-state index contributed by atoms with van der Waals surface area (Å²) < 4.78 is 1.43. The number of hydrogen-bond donors (Lipinski definition) is 2. The van der Waals surface area contributed by atoms with Gasteiger partial charge in [0.2, 0.25) is 0 Å². The SMILES string of the molecule is CC(C)(C)c1nc2nc(CC3CCNC3)cc(=O)n2[nH]1. The first kappa shape index (κ1) is 13.3. The number of aromatic nitrogens is 4. The molecule has 6 nitrogen and oxygen atoms in total. The number of hydrogen-bond acceptors (Lipinski definition) is 4. The summed E-state index contributed by atoms with van der Waals surface area (Å²) in [6.45, 7) is 8.24. The topological polar surface area (TPSA) is 75.1 Å². The van der Waals surface area contributed by atoms with E-state index in [-0.39, 0.29) is 11.0 Å². The summed E-state index contributed by atoms with van der Waals surface area (Å²) in [5, 5.41) is 6.38. The Hall–Kier alpha value is -1.69. The molecule has 0 spiro atoms. The first-order chi connectivity index (χ1) is 9.43. The van der Waals surface area contributed by atoms with Gasteiger partial charge in [0.1, 0.15) is 5.82 Å². The largest absolute Gasteiger partial charge is 0.316 e. The van der Waals surface area contributed by atoms with Gasteiger partial charge in [-0.1, -0.05) is 20.8 Å². The van der Waals surface area contributed by atoms with E-state index in [1.54, 1.807) is 6.07 Å². The molecule has 2 aromatic rings. The van der Waals surface area contributed by atoms with Gasteiger partial charge in [-0.05, 0) is 31.8 Å². The molecule has 20 heavy (non-hydrogen) atoms. The zero-order valence-electron chi connectivity index (χ0n) is 12.2. The van der Waals surface area contributed by atoms with Gasteiger partial charge in [0.25, 0.3) is 11.3 Å². The molecule has 108 valence electrons. The van der Waals surface area contributed by atoms with E-state index in [0.29, 0.717) is 11.7 Å².